The number of aromatic nitrogens is 5. The van der Waals surface area contributed by atoms with Crippen molar-refractivity contribution in [1.29, 1.82) is 0 Å². The summed E-state index contributed by atoms with van der Waals surface area (Å²) >= 11 is 1.72. The molecule has 1 atom stereocenters. The van der Waals surface area contributed by atoms with Gasteiger partial charge in [-0.1, -0.05) is 54.6 Å². The lowest BCUT2D eigenvalue weighted by molar-refractivity contribution is 0.205. The Morgan fingerprint density at radius 2 is 1.89 bits per heavy atom. The molecule has 8 heteroatoms. The van der Waals surface area contributed by atoms with Crippen molar-refractivity contribution in [2.24, 2.45) is 0 Å². The quantitative estimate of drug-likeness (QED) is 0.298. The zero-order chi connectivity index (χ0) is 25.1. The Hall–Kier alpha value is -3.62. The Morgan fingerprint density at radius 3 is 2.64 bits per heavy atom. The minimum atomic E-state index is -0.415. The monoisotopic (exact) mass is 498 g/mol. The maximum Gasteiger partial charge on any atom is 0.253 e. The summed E-state index contributed by atoms with van der Waals surface area (Å²) in [4.78, 5) is 20.3. The molecule has 0 aliphatic rings. The molecule has 0 saturated heterocycles. The van der Waals surface area contributed by atoms with Crippen LogP contribution in [-0.2, 0) is 13.0 Å². The highest BCUT2D eigenvalue weighted by Gasteiger charge is 2.31. The van der Waals surface area contributed by atoms with Crippen LogP contribution in [0.1, 0.15) is 53.3 Å². The Kier molecular flexibility index (Phi) is 7.06. The predicted octanol–water partition coefficient (Wildman–Crippen LogP) is 5.30. The van der Waals surface area contributed by atoms with Gasteiger partial charge in [-0.3, -0.25) is 9.69 Å². The van der Waals surface area contributed by atoms with Gasteiger partial charge in [0, 0.05) is 23.5 Å². The van der Waals surface area contributed by atoms with Crippen molar-refractivity contribution in [1.82, 2.24) is 30.1 Å². The molecule has 2 aromatic carbocycles. The summed E-state index contributed by atoms with van der Waals surface area (Å²) in [6.45, 7) is 7.54. The lowest BCUT2D eigenvalue weighted by Crippen LogP contribution is -2.36. The second kappa shape index (κ2) is 10.6. The van der Waals surface area contributed by atoms with Crippen molar-refractivity contribution in [3.8, 4) is 0 Å². The molecule has 0 fully saturated rings. The number of aryl methyl sites for hydroxylation is 1. The van der Waals surface area contributed by atoms with Crippen LogP contribution >= 0.6 is 11.3 Å². The topological polar surface area (TPSA) is 79.7 Å². The molecule has 0 spiro atoms. The number of benzene rings is 2. The molecule has 0 saturated carbocycles. The number of aromatic amines is 1. The molecule has 0 radical (unpaired) electrons. The van der Waals surface area contributed by atoms with Crippen molar-refractivity contribution in [2.75, 3.05) is 6.54 Å². The zero-order valence-corrected chi connectivity index (χ0v) is 21.6. The van der Waals surface area contributed by atoms with Crippen LogP contribution in [0, 0.1) is 6.92 Å². The molecule has 36 heavy (non-hydrogen) atoms. The third kappa shape index (κ3) is 5.01. The average Bonchev–Trinajstić information content (AvgIpc) is 3.57. The minimum absolute atomic E-state index is 0.0528. The van der Waals surface area contributed by atoms with Crippen LogP contribution in [0.25, 0.3) is 10.9 Å². The van der Waals surface area contributed by atoms with Crippen molar-refractivity contribution in [2.45, 2.75) is 45.8 Å². The molecule has 0 bridgehead atoms. The van der Waals surface area contributed by atoms with Gasteiger partial charge in [0.1, 0.15) is 6.04 Å². The number of hydrogen-bond donors (Lipinski definition) is 1. The number of fused-ring (bicyclic) bond motifs is 1. The number of nitrogens with one attached hydrogen (secondary N) is 1. The van der Waals surface area contributed by atoms with Crippen molar-refractivity contribution >= 4 is 22.2 Å². The minimum Gasteiger partial charge on any atom is -0.321 e. The van der Waals surface area contributed by atoms with E-state index in [2.05, 4.69) is 81.0 Å². The third-order valence-electron chi connectivity index (χ3n) is 6.50. The van der Waals surface area contributed by atoms with E-state index in [1.165, 1.54) is 10.4 Å². The summed E-state index contributed by atoms with van der Waals surface area (Å²) < 4.78 is 1.83. The van der Waals surface area contributed by atoms with Crippen LogP contribution in [0.3, 0.4) is 0 Å². The number of tetrazole rings is 1. The van der Waals surface area contributed by atoms with E-state index < -0.39 is 6.04 Å². The van der Waals surface area contributed by atoms with Crippen LogP contribution in [0.15, 0.2) is 76.9 Å². The molecule has 3 aromatic heterocycles. The highest BCUT2D eigenvalue weighted by molar-refractivity contribution is 7.09. The van der Waals surface area contributed by atoms with Gasteiger partial charge < -0.3 is 4.98 Å². The van der Waals surface area contributed by atoms with Gasteiger partial charge in [0.15, 0.2) is 5.82 Å². The molecule has 5 aromatic rings. The Labute approximate surface area is 214 Å². The van der Waals surface area contributed by atoms with Crippen molar-refractivity contribution in [3.63, 3.8) is 0 Å². The number of nitrogens with zero attached hydrogens (tertiary/aromatic N) is 5. The first-order chi connectivity index (χ1) is 17.5. The molecule has 0 aliphatic heterocycles. The average molecular weight is 499 g/mol. The zero-order valence-electron chi connectivity index (χ0n) is 20.8. The fraction of sp³-hybridized carbons (Fsp3) is 0.286. The maximum atomic E-state index is 13.6. The summed E-state index contributed by atoms with van der Waals surface area (Å²) in [6, 6.07) is 22.4. The molecule has 184 valence electrons. The van der Waals surface area contributed by atoms with E-state index in [1.54, 1.807) is 11.3 Å². The lowest BCUT2D eigenvalue weighted by Gasteiger charge is -2.31. The summed E-state index contributed by atoms with van der Waals surface area (Å²) in [5.41, 5.74) is 3.69. The summed E-state index contributed by atoms with van der Waals surface area (Å²) in [5.74, 6) is 0.673. The number of hydrogen-bond acceptors (Lipinski definition) is 6. The highest BCUT2D eigenvalue weighted by atomic mass is 32.1. The molecule has 0 amide bonds. The fourth-order valence-electron chi connectivity index (χ4n) is 4.67. The molecule has 5 rings (SSSR count). The molecule has 0 aliphatic carbocycles. The van der Waals surface area contributed by atoms with Crippen LogP contribution in [0.2, 0.25) is 0 Å². The molecule has 1 unspecified atom stereocenters. The van der Waals surface area contributed by atoms with Gasteiger partial charge in [-0.15, -0.1) is 16.4 Å². The Morgan fingerprint density at radius 1 is 1.06 bits per heavy atom. The van der Waals surface area contributed by atoms with Crippen LogP contribution in [0.4, 0.5) is 0 Å². The standard InChI is InChI=1S/C28H30N6OS/c1-19(2)34-27(30-31-32-34)26(24-17-22-12-7-9-20(3)25(22)29-28(24)35)33(18-23-13-8-16-36-23)15-14-21-10-5-4-6-11-21/h4-13,16-17,19,26H,14-15,18H2,1-3H3,(H,29,35). The molecule has 3 heterocycles. The summed E-state index contributed by atoms with van der Waals surface area (Å²) in [6.07, 6.45) is 0.844. The molecular weight excluding hydrogens is 468 g/mol. The highest BCUT2D eigenvalue weighted by Crippen LogP contribution is 2.31. The van der Waals surface area contributed by atoms with Crippen molar-refractivity contribution in [3.05, 3.63) is 110 Å². The molecular formula is C28H30N6OS. The van der Waals surface area contributed by atoms with E-state index in [0.29, 0.717) is 17.9 Å². The van der Waals surface area contributed by atoms with Gasteiger partial charge in [-0.05, 0) is 71.6 Å². The second-order valence-electron chi connectivity index (χ2n) is 9.36. The first-order valence-electron chi connectivity index (χ1n) is 12.2. The van der Waals surface area contributed by atoms with Crippen molar-refractivity contribution < 1.29 is 0 Å². The molecule has 7 nitrogen and oxygen atoms in total. The first kappa shape index (κ1) is 24.1. The normalized spacial score (nSPS) is 12.6. The van der Waals surface area contributed by atoms with Crippen LogP contribution < -0.4 is 5.56 Å². The number of H-pyrrole nitrogens is 1. The summed E-state index contributed by atoms with van der Waals surface area (Å²) in [7, 11) is 0. The molecule has 1 N–H and O–H groups in total. The maximum absolute atomic E-state index is 13.6. The van der Waals surface area contributed by atoms with E-state index in [4.69, 9.17) is 0 Å². The number of thiophene rings is 1. The van der Waals surface area contributed by atoms with Gasteiger partial charge in [0.05, 0.1) is 11.6 Å². The van der Waals surface area contributed by atoms with Crippen LogP contribution in [-0.4, -0.2) is 36.6 Å². The number of pyridine rings is 1. The van der Waals surface area contributed by atoms with Crippen LogP contribution in [0.5, 0.6) is 0 Å². The van der Waals surface area contributed by atoms with E-state index in [0.717, 1.165) is 29.4 Å². The van der Waals surface area contributed by atoms with Gasteiger partial charge >= 0.3 is 0 Å². The van der Waals surface area contributed by atoms with Gasteiger partial charge in [-0.25, -0.2) is 4.68 Å². The van der Waals surface area contributed by atoms with E-state index in [1.807, 2.05) is 41.9 Å². The summed E-state index contributed by atoms with van der Waals surface area (Å²) in [5, 5.41) is 15.9. The Bertz CT molecular complexity index is 1490. The van der Waals surface area contributed by atoms with Gasteiger partial charge in [-0.2, -0.15) is 0 Å². The van der Waals surface area contributed by atoms with E-state index in [9.17, 15) is 4.79 Å². The first-order valence-corrected chi connectivity index (χ1v) is 13.1. The predicted molar refractivity (Wildman–Crippen MR) is 144 cm³/mol. The smallest absolute Gasteiger partial charge is 0.253 e. The van der Waals surface area contributed by atoms with E-state index in [-0.39, 0.29) is 11.6 Å². The SMILES string of the molecule is Cc1cccc2cc(C(c3nnnn3C(C)C)N(CCc3ccccc3)Cc3cccs3)c(=O)[nH]c12. The largest absolute Gasteiger partial charge is 0.321 e. The third-order valence-corrected chi connectivity index (χ3v) is 7.36. The fourth-order valence-corrected chi connectivity index (χ4v) is 5.40. The second-order valence-corrected chi connectivity index (χ2v) is 10.4. The number of para-hydroxylation sites is 1. The lowest BCUT2D eigenvalue weighted by atomic mass is 10.0. The van der Waals surface area contributed by atoms with E-state index >= 15 is 0 Å². The van der Waals surface area contributed by atoms with Gasteiger partial charge in [0.25, 0.3) is 5.56 Å². The number of rotatable bonds is 9. The van der Waals surface area contributed by atoms with Gasteiger partial charge in [0.2, 0.25) is 0 Å². The Balaban J connectivity index is 1.66.